The van der Waals surface area contributed by atoms with Crippen LogP contribution in [0.3, 0.4) is 0 Å². The number of fused-ring (bicyclic) bond motifs is 21. The maximum Gasteiger partial charge on any atom is 2.00 e. The Balaban J connectivity index is 0.00000953. The number of rotatable bonds is 6. The number of methoxy groups -OCH3 is 2. The maximum atomic E-state index is 13.9. The van der Waals surface area contributed by atoms with Gasteiger partial charge in [0, 0.05) is 23.7 Å². The summed E-state index contributed by atoms with van der Waals surface area (Å²) in [6, 6.07) is 37.1. The molecule has 115 heavy (non-hydrogen) atoms. The van der Waals surface area contributed by atoms with Gasteiger partial charge >= 0.3 is 31.4 Å². The van der Waals surface area contributed by atoms with Crippen molar-refractivity contribution in [2.75, 3.05) is 14.2 Å². The zero-order valence-electron chi connectivity index (χ0n) is 72.4. The van der Waals surface area contributed by atoms with Gasteiger partial charge in [0.1, 0.15) is 0 Å². The van der Waals surface area contributed by atoms with Gasteiger partial charge in [0.15, 0.2) is 0 Å². The predicted molar refractivity (Wildman–Crippen MR) is 463 cm³/mol. The Morgan fingerprint density at radius 3 is 0.913 bits per heavy atom. The molecular weight excluding hydrogens is 1470 g/mol. The van der Waals surface area contributed by atoms with E-state index < -0.39 is 23.1 Å². The molecule has 586 valence electrons. The Labute approximate surface area is 691 Å². The van der Waals surface area contributed by atoms with Crippen LogP contribution in [0.2, 0.25) is 0 Å². The van der Waals surface area contributed by atoms with Crippen molar-refractivity contribution < 1.29 is 43.3 Å². The van der Waals surface area contributed by atoms with E-state index in [2.05, 4.69) is 300 Å². The maximum absolute atomic E-state index is 13.9. The molecule has 19 rings (SSSR count). The zero-order valence-corrected chi connectivity index (χ0v) is 75.3. The summed E-state index contributed by atoms with van der Waals surface area (Å²) < 4.78 is 17.4. The Morgan fingerprint density at radius 2 is 0.635 bits per heavy atom. The van der Waals surface area contributed by atoms with Gasteiger partial charge in [-0.2, -0.15) is 0 Å². The summed E-state index contributed by atoms with van der Waals surface area (Å²) in [6.07, 6.45) is 14.4. The van der Waals surface area contributed by atoms with Crippen molar-refractivity contribution >= 4 is 91.4 Å². The second-order valence-corrected chi connectivity index (χ2v) is 42.7. The van der Waals surface area contributed by atoms with Gasteiger partial charge in [-0.1, -0.05) is 274 Å². The van der Waals surface area contributed by atoms with Crippen LogP contribution in [-0.4, -0.2) is 67.3 Å². The number of hydrogen-bond donors (Lipinski definition) is 0. The van der Waals surface area contributed by atoms with Crippen LogP contribution in [-0.2, 0) is 86.6 Å². The number of allylic oxidation sites excluding steroid dienone is 2. The molecule has 1 saturated heterocycles. The fourth-order valence-electron chi connectivity index (χ4n) is 20.6. The van der Waals surface area contributed by atoms with Crippen LogP contribution >= 0.6 is 0 Å². The molecule has 0 amide bonds. The summed E-state index contributed by atoms with van der Waals surface area (Å²) in [5.41, 5.74) is 24.3. The van der Waals surface area contributed by atoms with E-state index in [-0.39, 0.29) is 110 Å². The normalized spacial score (nSPS) is 23.3. The number of aromatic nitrogens is 8. The topological polar surface area (TPSA) is 171 Å². The van der Waals surface area contributed by atoms with Crippen molar-refractivity contribution in [2.45, 2.75) is 239 Å². The summed E-state index contributed by atoms with van der Waals surface area (Å²) in [5.74, 6) is -0.863. The average molecular weight is 1580 g/mol. The molecule has 10 aromatic rings. The van der Waals surface area contributed by atoms with Crippen molar-refractivity contribution in [1.29, 1.82) is 0 Å². The van der Waals surface area contributed by atoms with E-state index in [1.54, 1.807) is 0 Å². The molecule has 4 fully saturated rings. The third-order valence-electron chi connectivity index (χ3n) is 26.9. The minimum absolute atomic E-state index is 0. The van der Waals surface area contributed by atoms with Gasteiger partial charge in [0.2, 0.25) is 11.2 Å². The summed E-state index contributed by atoms with van der Waals surface area (Å²) in [5, 5.41) is 0. The molecule has 8 heterocycles. The second kappa shape index (κ2) is 25.5. The van der Waals surface area contributed by atoms with Gasteiger partial charge < -0.3 is 24.2 Å². The number of nitrogens with zero attached hydrogens (tertiary/aromatic N) is 8. The summed E-state index contributed by atoms with van der Waals surface area (Å²) in [6.45, 7) is 55.2. The number of benzene rings is 5. The van der Waals surface area contributed by atoms with Crippen molar-refractivity contribution in [2.24, 2.45) is 35.5 Å². The van der Waals surface area contributed by atoms with Crippen LogP contribution in [0.4, 0.5) is 0 Å². The monoisotopic (exact) mass is 1580 g/mol. The second-order valence-electron chi connectivity index (χ2n) is 42.7. The molecule has 0 N–H and O–H groups in total. The number of esters is 2. The molecule has 0 radical (unpaired) electrons. The van der Waals surface area contributed by atoms with E-state index in [0.29, 0.717) is 44.1 Å². The van der Waals surface area contributed by atoms with Crippen molar-refractivity contribution in [3.8, 4) is 44.5 Å². The molecule has 5 aromatic carbocycles. The van der Waals surface area contributed by atoms with Crippen molar-refractivity contribution in [3.63, 3.8) is 0 Å². The quantitative estimate of drug-likeness (QED) is 0.0507. The van der Waals surface area contributed by atoms with E-state index in [1.165, 1.54) is 58.7 Å². The van der Waals surface area contributed by atoms with Crippen LogP contribution in [0.15, 0.2) is 109 Å². The first kappa shape index (κ1) is 78.4. The Hall–Kier alpha value is -9.10. The summed E-state index contributed by atoms with van der Waals surface area (Å²) in [4.78, 5) is 75.6. The molecule has 14 heteroatoms. The third-order valence-corrected chi connectivity index (χ3v) is 26.9. The predicted octanol–water partition coefficient (Wildman–Crippen LogP) is 22.7. The van der Waals surface area contributed by atoms with Crippen molar-refractivity contribution in [1.82, 2.24) is 39.9 Å². The van der Waals surface area contributed by atoms with E-state index in [1.807, 2.05) is 0 Å². The molecule has 10 atom stereocenters. The molecule has 13 nitrogen and oxygen atoms in total. The van der Waals surface area contributed by atoms with Crippen LogP contribution in [0, 0.1) is 35.5 Å². The molecule has 3 saturated carbocycles. The molecule has 0 spiro atoms. The molecular formula is C101H110N8O5Zn. The van der Waals surface area contributed by atoms with Crippen LogP contribution in [0.5, 0.6) is 0 Å². The van der Waals surface area contributed by atoms with Crippen LogP contribution in [0.1, 0.15) is 263 Å². The van der Waals surface area contributed by atoms with Gasteiger partial charge in [0.25, 0.3) is 0 Å². The summed E-state index contributed by atoms with van der Waals surface area (Å²) >= 11 is 0. The van der Waals surface area contributed by atoms with E-state index in [9.17, 15) is 9.59 Å². The third kappa shape index (κ3) is 12.0. The molecule has 6 aliphatic carbocycles. The van der Waals surface area contributed by atoms with Gasteiger partial charge in [-0.3, -0.25) is 0 Å². The summed E-state index contributed by atoms with van der Waals surface area (Å²) in [7, 11) is 2.77. The van der Waals surface area contributed by atoms with Crippen LogP contribution < -0.4 is 9.97 Å². The molecule has 12 bridgehead atoms. The Kier molecular flexibility index (Phi) is 17.4. The van der Waals surface area contributed by atoms with Gasteiger partial charge in [0.05, 0.1) is 81.5 Å². The van der Waals surface area contributed by atoms with E-state index in [4.69, 9.17) is 54.1 Å². The number of hydrogen-bond acceptors (Lipinski definition) is 11. The van der Waals surface area contributed by atoms with Crippen molar-refractivity contribution in [3.05, 3.63) is 188 Å². The SMILES string of the molecule is COC(=O)C12OC1(C(=O)OC)C1C2[C@@H]2C[C@H]1C1C2[C@@H]2C=C[C@H]1c1nc3cc4nc5c6[n-]c(c(-c7cc(C(C)(C)C)cc(C(C)(C)C)c7)c7nc(c(-c8cc(C(C)(C)C)cc(C(C)(C)C)c8)c8ccc([n-]8)c(-c8cc(C(C)(C)C)cc(C(C)(C)C)c8)c8nc(c6-c6cc(C(C)(C)C)cc(C(C)(C)C)c6)C=C8)C=C7)c5nc4cc3nc12.[Zn+2]. The Bertz CT molecular complexity index is 5690. The fraction of sp³-hybridized carbons (Fsp3) is 0.446. The zero-order chi connectivity index (χ0) is 81.3. The first-order valence-electron chi connectivity index (χ1n) is 41.3. The molecule has 5 aromatic heterocycles. The van der Waals surface area contributed by atoms with Gasteiger partial charge in [-0.05, 0) is 199 Å². The minimum Gasteiger partial charge on any atom is -0.657 e. The fourth-order valence-corrected chi connectivity index (χ4v) is 20.6. The number of carbonyl (C=O) groups excluding carboxylic acids is 2. The van der Waals surface area contributed by atoms with Gasteiger partial charge in [-0.25, -0.2) is 39.5 Å². The smallest absolute Gasteiger partial charge is 0.657 e. The largest absolute Gasteiger partial charge is 2.00 e. The molecule has 3 aliphatic heterocycles. The minimum atomic E-state index is -1.33. The number of epoxide rings is 1. The Morgan fingerprint density at radius 1 is 0.365 bits per heavy atom. The van der Waals surface area contributed by atoms with Gasteiger partial charge in [-0.15, -0.1) is 11.0 Å². The first-order chi connectivity index (χ1) is 53.2. The molecule has 6 unspecified atom stereocenters. The van der Waals surface area contributed by atoms with Crippen LogP contribution in [0.25, 0.3) is 124 Å². The first-order valence-corrected chi connectivity index (χ1v) is 41.3. The average Bonchev–Trinajstić information content (AvgIpc) is 1.42. The van der Waals surface area contributed by atoms with E-state index in [0.717, 1.165) is 96.1 Å². The molecule has 9 aliphatic rings. The number of ether oxygens (including phenoxy) is 3. The standard InChI is InChI=1S/C101H110N8O5.Zn/c1-92(2,3)54-35-50(36-55(43-54)93(4,5)6)76-66-29-30-67(102-66)77(51-37-56(94(7,8)9)44-57(38-51)95(10,11)12)69-32-34-71(104-69)79(53-41-60(98(19,20)21)46-61(42-53)99(22,23)24)87-89-88(86(109-87)78(70-33-31-68(76)103-70)52-39-58(96(13,14)15)45-59(40-52)97(16,17)18)107-74-48-72-73(49-75(74)108-89)106-85-63-28-27-62(84(85)105-72)80-64-47-65(81(63)80)83-82(64)100(90(110)112-25)101(83,114-100)91(111)113-26;/h27-46,48-49,62-65,80-83H,47H2,1-26H3;/q-2;+2/t62-,63+,64+,65-,80?,81?,82?,83?,100?,101?;. The number of carbonyl (C=O) groups is 2. The van der Waals surface area contributed by atoms with E-state index >= 15 is 0 Å².